The lowest BCUT2D eigenvalue weighted by Gasteiger charge is -2.34. The van der Waals surface area contributed by atoms with E-state index < -0.39 is 0 Å². The van der Waals surface area contributed by atoms with E-state index in [2.05, 4.69) is 15.3 Å². The molecule has 0 radical (unpaired) electrons. The molecule has 0 aliphatic carbocycles. The zero-order chi connectivity index (χ0) is 18.5. The molecule has 7 heteroatoms. The molecule has 2 saturated heterocycles. The van der Waals surface area contributed by atoms with Gasteiger partial charge in [-0.25, -0.2) is 4.98 Å². The maximum absolute atomic E-state index is 13.0. The molecule has 1 aromatic rings. The summed E-state index contributed by atoms with van der Waals surface area (Å²) in [7, 11) is 0. The molecular weight excluding hydrogens is 348 g/mol. The lowest BCUT2D eigenvalue weighted by molar-refractivity contribution is -0.140. The van der Waals surface area contributed by atoms with Crippen LogP contribution in [-0.2, 0) is 9.59 Å². The maximum atomic E-state index is 13.0. The quantitative estimate of drug-likeness (QED) is 0.808. The molecule has 3 heterocycles. The number of hydrogen-bond acceptors (Lipinski definition) is 5. The van der Waals surface area contributed by atoms with Gasteiger partial charge < -0.3 is 14.7 Å². The van der Waals surface area contributed by atoms with Gasteiger partial charge in [0.05, 0.1) is 11.6 Å². The summed E-state index contributed by atoms with van der Waals surface area (Å²) in [5.41, 5.74) is 1.06. The Morgan fingerprint density at radius 1 is 1.15 bits per heavy atom. The summed E-state index contributed by atoms with van der Waals surface area (Å²) in [6.45, 7) is 8.78. The molecule has 2 amide bonds. The molecule has 0 bridgehead atoms. The van der Waals surface area contributed by atoms with Gasteiger partial charge >= 0.3 is 0 Å². The molecule has 2 fully saturated rings. The number of likely N-dealkylation sites (tertiary alicyclic amines) is 1. The summed E-state index contributed by atoms with van der Waals surface area (Å²) < 4.78 is 0. The highest BCUT2D eigenvalue weighted by molar-refractivity contribution is 7.13. The minimum Gasteiger partial charge on any atom is -0.346 e. The van der Waals surface area contributed by atoms with Crippen molar-refractivity contribution >= 4 is 28.3 Å². The zero-order valence-electron chi connectivity index (χ0n) is 15.9. The van der Waals surface area contributed by atoms with Gasteiger partial charge in [0.25, 0.3) is 0 Å². The number of thiazole rings is 1. The molecule has 2 aliphatic rings. The van der Waals surface area contributed by atoms with Crippen molar-refractivity contribution < 1.29 is 9.59 Å². The molecule has 1 aromatic heterocycles. The molecule has 0 saturated carbocycles. The van der Waals surface area contributed by atoms with Crippen molar-refractivity contribution in [1.82, 2.24) is 14.8 Å². The van der Waals surface area contributed by atoms with Crippen molar-refractivity contribution in [2.24, 2.45) is 5.92 Å². The second kappa shape index (κ2) is 8.84. The summed E-state index contributed by atoms with van der Waals surface area (Å²) in [6, 6.07) is 0. The maximum Gasteiger partial charge on any atom is 0.227 e. The standard InChI is InChI=1S/C19H30N4O2S/c1-3-6-17(24)23-8-4-7-16(13-23)18(25)21-9-5-10-22(12-11-21)19-20-15(2)14-26-19/h14,16H,3-13H2,1-2H3. The van der Waals surface area contributed by atoms with Crippen LogP contribution in [0, 0.1) is 12.8 Å². The summed E-state index contributed by atoms with van der Waals surface area (Å²) >= 11 is 1.68. The van der Waals surface area contributed by atoms with Crippen molar-refractivity contribution in [3.05, 3.63) is 11.1 Å². The summed E-state index contributed by atoms with van der Waals surface area (Å²) in [6.07, 6.45) is 4.26. The van der Waals surface area contributed by atoms with E-state index in [4.69, 9.17) is 0 Å². The van der Waals surface area contributed by atoms with Crippen LogP contribution in [0.5, 0.6) is 0 Å². The van der Waals surface area contributed by atoms with Gasteiger partial charge in [0, 0.05) is 51.1 Å². The third-order valence-electron chi connectivity index (χ3n) is 5.27. The van der Waals surface area contributed by atoms with Gasteiger partial charge in [-0.15, -0.1) is 11.3 Å². The normalized spacial score (nSPS) is 21.6. The first-order chi connectivity index (χ1) is 12.6. The molecule has 0 spiro atoms. The number of anilines is 1. The minimum atomic E-state index is -0.0294. The monoisotopic (exact) mass is 378 g/mol. The van der Waals surface area contributed by atoms with E-state index in [-0.39, 0.29) is 17.7 Å². The van der Waals surface area contributed by atoms with Gasteiger partial charge in [-0.2, -0.15) is 0 Å². The fraction of sp³-hybridized carbons (Fsp3) is 0.737. The van der Waals surface area contributed by atoms with E-state index in [1.165, 1.54) is 0 Å². The van der Waals surface area contributed by atoms with Crippen molar-refractivity contribution in [3.63, 3.8) is 0 Å². The smallest absolute Gasteiger partial charge is 0.227 e. The summed E-state index contributed by atoms with van der Waals surface area (Å²) in [5, 5.41) is 3.14. The fourth-order valence-corrected chi connectivity index (χ4v) is 4.71. The Bertz CT molecular complexity index is 633. The number of hydrogen-bond donors (Lipinski definition) is 0. The van der Waals surface area contributed by atoms with Crippen LogP contribution in [0.2, 0.25) is 0 Å². The van der Waals surface area contributed by atoms with Crippen LogP contribution in [0.3, 0.4) is 0 Å². The molecule has 0 N–H and O–H groups in total. The van der Waals surface area contributed by atoms with Crippen molar-refractivity contribution in [3.8, 4) is 0 Å². The number of aryl methyl sites for hydroxylation is 1. The van der Waals surface area contributed by atoms with E-state index in [0.717, 1.165) is 69.2 Å². The molecule has 26 heavy (non-hydrogen) atoms. The summed E-state index contributed by atoms with van der Waals surface area (Å²) in [5.74, 6) is 0.403. The first-order valence-corrected chi connectivity index (χ1v) is 10.7. The first-order valence-electron chi connectivity index (χ1n) is 9.82. The Morgan fingerprint density at radius 2 is 1.96 bits per heavy atom. The zero-order valence-corrected chi connectivity index (χ0v) is 16.8. The largest absolute Gasteiger partial charge is 0.346 e. The third-order valence-corrected chi connectivity index (χ3v) is 6.29. The lowest BCUT2D eigenvalue weighted by Crippen LogP contribution is -2.47. The third kappa shape index (κ3) is 4.55. The molecular formula is C19H30N4O2S. The second-order valence-electron chi connectivity index (χ2n) is 7.37. The van der Waals surface area contributed by atoms with Gasteiger partial charge in [-0.3, -0.25) is 9.59 Å². The van der Waals surface area contributed by atoms with Crippen LogP contribution < -0.4 is 4.90 Å². The Morgan fingerprint density at radius 3 is 2.69 bits per heavy atom. The van der Waals surface area contributed by atoms with Gasteiger partial charge in [0.1, 0.15) is 0 Å². The van der Waals surface area contributed by atoms with E-state index in [1.54, 1.807) is 11.3 Å². The summed E-state index contributed by atoms with van der Waals surface area (Å²) in [4.78, 5) is 36.0. The highest BCUT2D eigenvalue weighted by atomic mass is 32.1. The van der Waals surface area contributed by atoms with Crippen molar-refractivity contribution in [2.75, 3.05) is 44.2 Å². The minimum absolute atomic E-state index is 0.0294. The predicted molar refractivity (Wildman–Crippen MR) is 104 cm³/mol. The lowest BCUT2D eigenvalue weighted by atomic mass is 9.96. The van der Waals surface area contributed by atoms with Gasteiger partial charge in [-0.1, -0.05) is 6.92 Å². The first kappa shape index (κ1) is 19.1. The highest BCUT2D eigenvalue weighted by Gasteiger charge is 2.31. The molecule has 2 aliphatic heterocycles. The van der Waals surface area contributed by atoms with Gasteiger partial charge in [0.15, 0.2) is 5.13 Å². The second-order valence-corrected chi connectivity index (χ2v) is 8.20. The van der Waals surface area contributed by atoms with Crippen LogP contribution in [0.25, 0.3) is 0 Å². The number of rotatable bonds is 4. The van der Waals surface area contributed by atoms with Crippen LogP contribution in [0.4, 0.5) is 5.13 Å². The molecule has 3 rings (SSSR count). The Balaban J connectivity index is 1.56. The topological polar surface area (TPSA) is 56.8 Å². The number of nitrogens with zero attached hydrogens (tertiary/aromatic N) is 4. The van der Waals surface area contributed by atoms with E-state index >= 15 is 0 Å². The average molecular weight is 379 g/mol. The number of carbonyl (C=O) groups excluding carboxylic acids is 2. The van der Waals surface area contributed by atoms with Crippen molar-refractivity contribution in [2.45, 2.75) is 46.0 Å². The predicted octanol–water partition coefficient (Wildman–Crippen LogP) is 2.53. The van der Waals surface area contributed by atoms with E-state index in [0.29, 0.717) is 13.0 Å². The van der Waals surface area contributed by atoms with E-state index in [1.807, 2.05) is 23.6 Å². The van der Waals surface area contributed by atoms with Crippen LogP contribution >= 0.6 is 11.3 Å². The fourth-order valence-electron chi connectivity index (χ4n) is 3.85. The van der Waals surface area contributed by atoms with Gasteiger partial charge in [-0.05, 0) is 32.6 Å². The van der Waals surface area contributed by atoms with Crippen LogP contribution in [0.1, 0.15) is 44.7 Å². The number of piperidine rings is 1. The van der Waals surface area contributed by atoms with Gasteiger partial charge in [0.2, 0.25) is 11.8 Å². The van der Waals surface area contributed by atoms with Crippen LogP contribution in [-0.4, -0.2) is 65.9 Å². The average Bonchev–Trinajstić information content (AvgIpc) is 2.93. The molecule has 6 nitrogen and oxygen atoms in total. The van der Waals surface area contributed by atoms with Crippen molar-refractivity contribution in [1.29, 1.82) is 0 Å². The SMILES string of the molecule is CCCC(=O)N1CCCC(C(=O)N2CCCN(c3nc(C)cs3)CC2)C1. The van der Waals surface area contributed by atoms with E-state index in [9.17, 15) is 9.59 Å². The molecule has 1 unspecified atom stereocenters. The highest BCUT2D eigenvalue weighted by Crippen LogP contribution is 2.24. The molecule has 1 atom stereocenters. The Kier molecular flexibility index (Phi) is 6.51. The Hall–Kier alpha value is -1.63. The number of amides is 2. The molecule has 144 valence electrons. The Labute approximate surface area is 160 Å². The molecule has 0 aromatic carbocycles. The number of aromatic nitrogens is 1. The number of carbonyl (C=O) groups is 2. The van der Waals surface area contributed by atoms with Crippen LogP contribution in [0.15, 0.2) is 5.38 Å².